The summed E-state index contributed by atoms with van der Waals surface area (Å²) in [6.07, 6.45) is 3.96. The third-order valence-corrected chi connectivity index (χ3v) is 5.18. The molecular formula is C14H21NO3S. The standard InChI is InChI=1S/C14H21NO3S/c1-11(16)13-6-3-7-14(10-13)19(17,18)15-9-8-12-4-2-5-12/h3,6-7,10-12,15-16H,2,4-5,8-9H2,1H3. The average molecular weight is 283 g/mol. The number of hydrogen-bond donors (Lipinski definition) is 2. The van der Waals surface area contributed by atoms with E-state index in [0.717, 1.165) is 6.42 Å². The van der Waals surface area contributed by atoms with Gasteiger partial charge in [-0.1, -0.05) is 31.4 Å². The molecule has 1 aromatic rings. The van der Waals surface area contributed by atoms with Crippen LogP contribution < -0.4 is 4.72 Å². The zero-order valence-corrected chi connectivity index (χ0v) is 12.0. The van der Waals surface area contributed by atoms with Gasteiger partial charge in [0, 0.05) is 6.54 Å². The molecule has 2 N–H and O–H groups in total. The summed E-state index contributed by atoms with van der Waals surface area (Å²) in [5.41, 5.74) is 0.613. The van der Waals surface area contributed by atoms with Gasteiger partial charge in [-0.25, -0.2) is 13.1 Å². The lowest BCUT2D eigenvalue weighted by molar-refractivity contribution is 0.199. The lowest BCUT2D eigenvalue weighted by atomic mass is 9.83. The molecule has 0 heterocycles. The van der Waals surface area contributed by atoms with Crippen molar-refractivity contribution >= 4 is 10.0 Å². The fourth-order valence-corrected chi connectivity index (χ4v) is 3.31. The first-order valence-corrected chi connectivity index (χ1v) is 8.25. The molecule has 0 aromatic heterocycles. The summed E-state index contributed by atoms with van der Waals surface area (Å²) in [6, 6.07) is 6.45. The van der Waals surface area contributed by atoms with Crippen LogP contribution in [0.2, 0.25) is 0 Å². The van der Waals surface area contributed by atoms with E-state index in [0.29, 0.717) is 18.0 Å². The van der Waals surface area contributed by atoms with Gasteiger partial charge in [-0.3, -0.25) is 0 Å². The molecule has 2 rings (SSSR count). The topological polar surface area (TPSA) is 66.4 Å². The second kappa shape index (κ2) is 6.03. The molecule has 1 saturated carbocycles. The van der Waals surface area contributed by atoms with Crippen molar-refractivity contribution in [1.29, 1.82) is 0 Å². The van der Waals surface area contributed by atoms with E-state index in [2.05, 4.69) is 4.72 Å². The molecule has 0 radical (unpaired) electrons. The molecule has 0 bridgehead atoms. The minimum absolute atomic E-state index is 0.222. The zero-order valence-electron chi connectivity index (χ0n) is 11.2. The van der Waals surface area contributed by atoms with Gasteiger partial charge in [-0.05, 0) is 37.0 Å². The Labute approximate surface area is 114 Å². The van der Waals surface area contributed by atoms with Crippen molar-refractivity contribution in [2.75, 3.05) is 6.54 Å². The van der Waals surface area contributed by atoms with E-state index in [4.69, 9.17) is 0 Å². The van der Waals surface area contributed by atoms with Crippen LogP contribution in [-0.4, -0.2) is 20.1 Å². The van der Waals surface area contributed by atoms with Gasteiger partial charge in [0.25, 0.3) is 0 Å². The van der Waals surface area contributed by atoms with E-state index in [-0.39, 0.29) is 4.90 Å². The summed E-state index contributed by atoms with van der Waals surface area (Å²) < 4.78 is 26.8. The second-order valence-corrected chi connectivity index (χ2v) is 7.00. The van der Waals surface area contributed by atoms with Gasteiger partial charge in [-0.2, -0.15) is 0 Å². The van der Waals surface area contributed by atoms with Gasteiger partial charge in [0.1, 0.15) is 0 Å². The predicted octanol–water partition coefficient (Wildman–Crippen LogP) is 2.21. The summed E-state index contributed by atoms with van der Waals surface area (Å²) >= 11 is 0. The first-order chi connectivity index (χ1) is 8.99. The summed E-state index contributed by atoms with van der Waals surface area (Å²) in [5, 5.41) is 9.49. The van der Waals surface area contributed by atoms with Gasteiger partial charge in [0.15, 0.2) is 0 Å². The molecule has 19 heavy (non-hydrogen) atoms. The van der Waals surface area contributed by atoms with Crippen LogP contribution in [-0.2, 0) is 10.0 Å². The van der Waals surface area contributed by atoms with Crippen molar-refractivity contribution in [2.24, 2.45) is 5.92 Å². The molecule has 0 spiro atoms. The molecule has 0 saturated heterocycles. The maximum absolute atomic E-state index is 12.1. The molecule has 1 aliphatic carbocycles. The number of aliphatic hydroxyl groups is 1. The van der Waals surface area contributed by atoms with Crippen molar-refractivity contribution < 1.29 is 13.5 Å². The highest BCUT2D eigenvalue weighted by atomic mass is 32.2. The SMILES string of the molecule is CC(O)c1cccc(S(=O)(=O)NCCC2CCC2)c1. The van der Waals surface area contributed by atoms with E-state index in [9.17, 15) is 13.5 Å². The first-order valence-electron chi connectivity index (χ1n) is 6.77. The van der Waals surface area contributed by atoms with Crippen LogP contribution in [0.3, 0.4) is 0 Å². The van der Waals surface area contributed by atoms with Crippen molar-refractivity contribution in [3.63, 3.8) is 0 Å². The first kappa shape index (κ1) is 14.5. The highest BCUT2D eigenvalue weighted by Crippen LogP contribution is 2.28. The Bertz CT molecular complexity index is 521. The minimum Gasteiger partial charge on any atom is -0.389 e. The van der Waals surface area contributed by atoms with Gasteiger partial charge in [0.2, 0.25) is 10.0 Å². The molecule has 1 aliphatic rings. The van der Waals surface area contributed by atoms with E-state index >= 15 is 0 Å². The molecule has 4 nitrogen and oxygen atoms in total. The summed E-state index contributed by atoms with van der Waals surface area (Å²) in [4.78, 5) is 0.222. The smallest absolute Gasteiger partial charge is 0.240 e. The van der Waals surface area contributed by atoms with Gasteiger partial charge >= 0.3 is 0 Å². The third kappa shape index (κ3) is 3.78. The molecule has 1 fully saturated rings. The van der Waals surface area contributed by atoms with Gasteiger partial charge < -0.3 is 5.11 Å². The Morgan fingerprint density at radius 3 is 2.74 bits per heavy atom. The predicted molar refractivity (Wildman–Crippen MR) is 74.2 cm³/mol. The fourth-order valence-electron chi connectivity index (χ4n) is 2.20. The van der Waals surface area contributed by atoms with E-state index < -0.39 is 16.1 Å². The number of rotatable bonds is 6. The molecule has 1 unspecified atom stereocenters. The maximum atomic E-state index is 12.1. The van der Waals surface area contributed by atoms with E-state index in [1.807, 2.05) is 0 Å². The summed E-state index contributed by atoms with van der Waals surface area (Å²) in [6.45, 7) is 2.11. The molecule has 5 heteroatoms. The number of benzene rings is 1. The van der Waals surface area contributed by atoms with Crippen molar-refractivity contribution in [3.8, 4) is 0 Å². The number of sulfonamides is 1. The molecule has 1 aromatic carbocycles. The Morgan fingerprint density at radius 1 is 1.42 bits per heavy atom. The van der Waals surface area contributed by atoms with Crippen LogP contribution in [0.15, 0.2) is 29.2 Å². The zero-order chi connectivity index (χ0) is 13.9. The number of hydrogen-bond acceptors (Lipinski definition) is 3. The quantitative estimate of drug-likeness (QED) is 0.841. The fraction of sp³-hybridized carbons (Fsp3) is 0.571. The van der Waals surface area contributed by atoms with Gasteiger partial charge in [-0.15, -0.1) is 0 Å². The highest BCUT2D eigenvalue weighted by molar-refractivity contribution is 7.89. The summed E-state index contributed by atoms with van der Waals surface area (Å²) in [7, 11) is -3.46. The van der Waals surface area contributed by atoms with Crippen LogP contribution in [0.1, 0.15) is 44.3 Å². The van der Waals surface area contributed by atoms with Crippen LogP contribution in [0, 0.1) is 5.92 Å². The van der Waals surface area contributed by atoms with Crippen LogP contribution in [0.5, 0.6) is 0 Å². The number of aliphatic hydroxyl groups excluding tert-OH is 1. The van der Waals surface area contributed by atoms with Crippen LogP contribution in [0.4, 0.5) is 0 Å². The van der Waals surface area contributed by atoms with Crippen LogP contribution in [0.25, 0.3) is 0 Å². The Kier molecular flexibility index (Phi) is 4.60. The lowest BCUT2D eigenvalue weighted by Crippen LogP contribution is -2.27. The molecule has 0 amide bonds. The third-order valence-electron chi connectivity index (χ3n) is 3.72. The Balaban J connectivity index is 1.99. The molecule has 1 atom stereocenters. The van der Waals surface area contributed by atoms with E-state index in [1.165, 1.54) is 25.3 Å². The largest absolute Gasteiger partial charge is 0.389 e. The normalized spacial score (nSPS) is 18.0. The van der Waals surface area contributed by atoms with Crippen molar-refractivity contribution in [3.05, 3.63) is 29.8 Å². The van der Waals surface area contributed by atoms with Crippen LogP contribution >= 0.6 is 0 Å². The lowest BCUT2D eigenvalue weighted by Gasteiger charge is -2.25. The van der Waals surface area contributed by atoms with Crippen molar-refractivity contribution in [2.45, 2.75) is 43.6 Å². The van der Waals surface area contributed by atoms with E-state index in [1.54, 1.807) is 25.1 Å². The maximum Gasteiger partial charge on any atom is 0.240 e. The molecule has 0 aliphatic heterocycles. The Hall–Kier alpha value is -0.910. The average Bonchev–Trinajstić information content (AvgIpc) is 2.32. The molecular weight excluding hydrogens is 262 g/mol. The minimum atomic E-state index is -3.46. The monoisotopic (exact) mass is 283 g/mol. The van der Waals surface area contributed by atoms with Crippen molar-refractivity contribution in [1.82, 2.24) is 4.72 Å². The van der Waals surface area contributed by atoms with Gasteiger partial charge in [0.05, 0.1) is 11.0 Å². The highest BCUT2D eigenvalue weighted by Gasteiger charge is 2.19. The summed E-state index contributed by atoms with van der Waals surface area (Å²) in [5.74, 6) is 0.687. The number of nitrogens with one attached hydrogen (secondary N) is 1. The second-order valence-electron chi connectivity index (χ2n) is 5.23. The Morgan fingerprint density at radius 2 is 2.16 bits per heavy atom. The molecule has 106 valence electrons.